The molecule has 0 fully saturated rings. The highest BCUT2D eigenvalue weighted by Gasteiger charge is 2.10. The second-order valence-electron chi connectivity index (χ2n) is 4.08. The number of benzene rings is 2. The van der Waals surface area contributed by atoms with Crippen LogP contribution in [-0.4, -0.2) is 23.3 Å². The molecule has 0 aliphatic rings. The zero-order valence-electron chi connectivity index (χ0n) is 10.9. The van der Waals surface area contributed by atoms with E-state index in [9.17, 15) is 9.90 Å². The number of carboxylic acid groups (broad SMARTS) is 1. The summed E-state index contributed by atoms with van der Waals surface area (Å²) in [5.74, 6) is -0.245. The van der Waals surface area contributed by atoms with Crippen molar-refractivity contribution in [1.29, 1.82) is 0 Å². The summed E-state index contributed by atoms with van der Waals surface area (Å²) >= 11 is 0. The number of methoxy groups -OCH3 is 1. The van der Waals surface area contributed by atoms with Crippen LogP contribution in [0.3, 0.4) is 0 Å². The van der Waals surface area contributed by atoms with E-state index in [4.69, 9.17) is 14.6 Å². The van der Waals surface area contributed by atoms with Crippen molar-refractivity contribution in [2.45, 2.75) is 6.61 Å². The molecule has 0 aromatic heterocycles. The van der Waals surface area contributed by atoms with Crippen molar-refractivity contribution >= 4 is 5.97 Å². The molecule has 0 radical (unpaired) electrons. The molecule has 5 nitrogen and oxygen atoms in total. The second-order valence-corrected chi connectivity index (χ2v) is 4.08. The highest BCUT2D eigenvalue weighted by molar-refractivity contribution is 5.89. The summed E-state index contributed by atoms with van der Waals surface area (Å²) in [6.45, 7) is 0.105. The molecule has 2 N–H and O–H groups in total. The minimum absolute atomic E-state index is 0.0310. The van der Waals surface area contributed by atoms with Gasteiger partial charge in [0.1, 0.15) is 12.4 Å². The van der Waals surface area contributed by atoms with Crippen molar-refractivity contribution < 1.29 is 24.5 Å². The lowest BCUT2D eigenvalue weighted by Gasteiger charge is -2.10. The fraction of sp³-hybridized carbons (Fsp3) is 0.133. The molecule has 0 spiro atoms. The van der Waals surface area contributed by atoms with E-state index in [-0.39, 0.29) is 17.9 Å². The Labute approximate surface area is 116 Å². The third kappa shape index (κ3) is 3.00. The molecule has 0 amide bonds. The average molecular weight is 274 g/mol. The van der Waals surface area contributed by atoms with E-state index in [0.717, 1.165) is 0 Å². The normalized spacial score (nSPS) is 10.1. The molecule has 0 aliphatic heterocycles. The van der Waals surface area contributed by atoms with Gasteiger partial charge in [0, 0.05) is 11.6 Å². The Hall–Kier alpha value is -2.69. The van der Waals surface area contributed by atoms with Crippen LogP contribution in [0.1, 0.15) is 15.9 Å². The first-order valence-corrected chi connectivity index (χ1v) is 5.93. The fourth-order valence-corrected chi connectivity index (χ4v) is 1.78. The maximum absolute atomic E-state index is 11.1. The van der Waals surface area contributed by atoms with Crippen LogP contribution in [0.15, 0.2) is 42.5 Å². The van der Waals surface area contributed by atoms with Crippen molar-refractivity contribution in [2.75, 3.05) is 7.11 Å². The smallest absolute Gasteiger partial charge is 0.336 e. The number of hydrogen-bond acceptors (Lipinski definition) is 4. The molecule has 0 saturated carbocycles. The number of aromatic carboxylic acids is 1. The van der Waals surface area contributed by atoms with E-state index in [1.54, 1.807) is 30.3 Å². The minimum atomic E-state index is -0.998. The van der Waals surface area contributed by atoms with Crippen molar-refractivity contribution in [1.82, 2.24) is 0 Å². The third-order valence-electron chi connectivity index (χ3n) is 2.79. The van der Waals surface area contributed by atoms with Crippen LogP contribution < -0.4 is 9.47 Å². The molecule has 2 rings (SSSR count). The maximum Gasteiger partial charge on any atom is 0.336 e. The van der Waals surface area contributed by atoms with Crippen LogP contribution >= 0.6 is 0 Å². The number of aromatic hydroxyl groups is 1. The first kappa shape index (κ1) is 13.7. The number of hydrogen-bond donors (Lipinski definition) is 2. The molecule has 0 unspecified atom stereocenters. The van der Waals surface area contributed by atoms with Gasteiger partial charge in [-0.05, 0) is 18.2 Å². The Kier molecular flexibility index (Phi) is 4.10. The summed E-state index contributed by atoms with van der Waals surface area (Å²) in [5, 5.41) is 18.7. The quantitative estimate of drug-likeness (QED) is 0.876. The number of phenols is 1. The molecular weight excluding hydrogens is 260 g/mol. The Morgan fingerprint density at radius 2 is 1.95 bits per heavy atom. The van der Waals surface area contributed by atoms with Gasteiger partial charge in [0.15, 0.2) is 11.5 Å². The van der Waals surface area contributed by atoms with E-state index in [0.29, 0.717) is 17.1 Å². The Morgan fingerprint density at radius 3 is 2.60 bits per heavy atom. The highest BCUT2D eigenvalue weighted by Crippen LogP contribution is 2.30. The van der Waals surface area contributed by atoms with E-state index in [1.165, 1.54) is 19.2 Å². The van der Waals surface area contributed by atoms with E-state index in [1.807, 2.05) is 0 Å². The van der Waals surface area contributed by atoms with Crippen LogP contribution in [0.25, 0.3) is 0 Å². The molecule has 5 heteroatoms. The second kappa shape index (κ2) is 5.97. The number of rotatable bonds is 5. The van der Waals surface area contributed by atoms with Gasteiger partial charge in [0.05, 0.1) is 12.7 Å². The van der Waals surface area contributed by atoms with Crippen LogP contribution in [0.5, 0.6) is 17.2 Å². The molecular formula is C15H14O5. The molecule has 0 saturated heterocycles. The summed E-state index contributed by atoms with van der Waals surface area (Å²) in [7, 11) is 1.46. The maximum atomic E-state index is 11.1. The van der Waals surface area contributed by atoms with Crippen LogP contribution in [0, 0.1) is 0 Å². The summed E-state index contributed by atoms with van der Waals surface area (Å²) in [5.41, 5.74) is 0.764. The molecule has 0 heterocycles. The van der Waals surface area contributed by atoms with Crippen molar-refractivity contribution in [3.8, 4) is 17.2 Å². The average Bonchev–Trinajstić information content (AvgIpc) is 2.45. The van der Waals surface area contributed by atoms with Gasteiger partial charge in [-0.15, -0.1) is 0 Å². The third-order valence-corrected chi connectivity index (χ3v) is 2.79. The molecule has 0 atom stereocenters. The predicted molar refractivity (Wildman–Crippen MR) is 72.4 cm³/mol. The number of carbonyl (C=O) groups is 1. The van der Waals surface area contributed by atoms with Gasteiger partial charge >= 0.3 is 5.97 Å². The number of phenolic OH excluding ortho intramolecular Hbond substituents is 1. The first-order valence-electron chi connectivity index (χ1n) is 5.93. The van der Waals surface area contributed by atoms with Crippen LogP contribution in [0.2, 0.25) is 0 Å². The van der Waals surface area contributed by atoms with E-state index in [2.05, 4.69) is 0 Å². The SMILES string of the molecule is COc1ccc(OCc2ccccc2C(=O)O)cc1O. The Balaban J connectivity index is 2.13. The van der Waals surface area contributed by atoms with Gasteiger partial charge in [-0.1, -0.05) is 18.2 Å². The zero-order valence-corrected chi connectivity index (χ0v) is 10.9. The Bertz CT molecular complexity index is 621. The summed E-state index contributed by atoms with van der Waals surface area (Å²) in [6, 6.07) is 11.3. The topological polar surface area (TPSA) is 76.0 Å². The number of carboxylic acids is 1. The zero-order chi connectivity index (χ0) is 14.5. The van der Waals surface area contributed by atoms with Gasteiger partial charge in [0.25, 0.3) is 0 Å². The summed E-state index contributed by atoms with van der Waals surface area (Å²) in [4.78, 5) is 11.1. The lowest BCUT2D eigenvalue weighted by atomic mass is 10.1. The minimum Gasteiger partial charge on any atom is -0.504 e. The molecule has 0 aliphatic carbocycles. The van der Waals surface area contributed by atoms with Crippen LogP contribution in [0.4, 0.5) is 0 Å². The summed E-state index contributed by atoms with van der Waals surface area (Å²) < 4.78 is 10.4. The lowest BCUT2D eigenvalue weighted by molar-refractivity contribution is 0.0694. The largest absolute Gasteiger partial charge is 0.504 e. The molecule has 2 aromatic carbocycles. The monoisotopic (exact) mass is 274 g/mol. The molecule has 104 valence electrons. The van der Waals surface area contributed by atoms with Gasteiger partial charge in [0.2, 0.25) is 0 Å². The molecule has 20 heavy (non-hydrogen) atoms. The Morgan fingerprint density at radius 1 is 1.20 bits per heavy atom. The molecule has 2 aromatic rings. The fourth-order valence-electron chi connectivity index (χ4n) is 1.78. The standard InChI is InChI=1S/C15H14O5/c1-19-14-7-6-11(8-13(14)16)20-9-10-4-2-3-5-12(10)15(17)18/h2-8,16H,9H2,1H3,(H,17,18). The van der Waals surface area contributed by atoms with Crippen molar-refractivity contribution in [2.24, 2.45) is 0 Å². The first-order chi connectivity index (χ1) is 9.61. The van der Waals surface area contributed by atoms with Crippen molar-refractivity contribution in [3.63, 3.8) is 0 Å². The highest BCUT2D eigenvalue weighted by atomic mass is 16.5. The van der Waals surface area contributed by atoms with Gasteiger partial charge in [-0.25, -0.2) is 4.79 Å². The van der Waals surface area contributed by atoms with Crippen LogP contribution in [-0.2, 0) is 6.61 Å². The lowest BCUT2D eigenvalue weighted by Crippen LogP contribution is -2.05. The molecule has 0 bridgehead atoms. The van der Waals surface area contributed by atoms with E-state index >= 15 is 0 Å². The predicted octanol–water partition coefficient (Wildman–Crippen LogP) is 2.68. The number of ether oxygens (including phenoxy) is 2. The van der Waals surface area contributed by atoms with Gasteiger partial charge < -0.3 is 19.7 Å². The van der Waals surface area contributed by atoms with E-state index < -0.39 is 5.97 Å². The van der Waals surface area contributed by atoms with Gasteiger partial charge in [-0.3, -0.25) is 0 Å². The van der Waals surface area contributed by atoms with Gasteiger partial charge in [-0.2, -0.15) is 0 Å². The summed E-state index contributed by atoms with van der Waals surface area (Å²) in [6.07, 6.45) is 0. The van der Waals surface area contributed by atoms with Crippen molar-refractivity contribution in [3.05, 3.63) is 53.6 Å².